The van der Waals surface area contributed by atoms with Crippen LogP contribution in [0.2, 0.25) is 0 Å². The lowest BCUT2D eigenvalue weighted by molar-refractivity contribution is -0.143. The molecule has 0 heterocycles. The molecule has 0 aliphatic carbocycles. The van der Waals surface area contributed by atoms with Gasteiger partial charge in [-0.3, -0.25) is 9.59 Å². The zero-order valence-corrected chi connectivity index (χ0v) is 7.74. The van der Waals surface area contributed by atoms with E-state index in [4.69, 9.17) is 10.2 Å². The van der Waals surface area contributed by atoms with Crippen LogP contribution < -0.4 is 0 Å². The summed E-state index contributed by atoms with van der Waals surface area (Å²) < 4.78 is 0. The highest BCUT2D eigenvalue weighted by Crippen LogP contribution is 1.86. The number of ketones is 1. The van der Waals surface area contributed by atoms with Gasteiger partial charge in [0.15, 0.2) is 0 Å². The number of carboxylic acid groups (broad SMARTS) is 2. The first-order valence-corrected chi connectivity index (χ1v) is 3.83. The van der Waals surface area contributed by atoms with Crippen molar-refractivity contribution in [1.82, 2.24) is 0 Å². The molecule has 0 amide bonds. The van der Waals surface area contributed by atoms with Gasteiger partial charge in [-0.05, 0) is 6.92 Å². The topological polar surface area (TPSA) is 91.7 Å². The summed E-state index contributed by atoms with van der Waals surface area (Å²) in [5.41, 5.74) is 0. The molecule has 0 aliphatic rings. The first-order valence-electron chi connectivity index (χ1n) is 3.83. The van der Waals surface area contributed by atoms with Crippen LogP contribution in [0.3, 0.4) is 0 Å². The largest absolute Gasteiger partial charge is 0.481 e. The number of carboxylic acids is 2. The van der Waals surface area contributed by atoms with Crippen molar-refractivity contribution in [3.05, 3.63) is 0 Å². The molecule has 0 spiro atoms. The van der Waals surface area contributed by atoms with E-state index in [2.05, 4.69) is 0 Å². The normalized spacial score (nSPS) is 8.15. The molecule has 0 saturated carbocycles. The van der Waals surface area contributed by atoms with E-state index in [9.17, 15) is 14.4 Å². The highest BCUT2D eigenvalue weighted by molar-refractivity contribution is 5.75. The first kappa shape index (κ1) is 14.2. The number of carbonyl (C=O) groups is 3. The van der Waals surface area contributed by atoms with Gasteiger partial charge < -0.3 is 15.0 Å². The second-order valence-corrected chi connectivity index (χ2v) is 2.34. The summed E-state index contributed by atoms with van der Waals surface area (Å²) in [6, 6.07) is 0. The number of hydrogen-bond donors (Lipinski definition) is 2. The third-order valence-electron chi connectivity index (χ3n) is 1.05. The van der Waals surface area contributed by atoms with Crippen LogP contribution in [0.25, 0.3) is 0 Å². The first-order chi connectivity index (χ1) is 5.90. The van der Waals surface area contributed by atoms with Crippen molar-refractivity contribution in [2.45, 2.75) is 33.1 Å². The Hall–Kier alpha value is -1.39. The van der Waals surface area contributed by atoms with Crippen LogP contribution in [0.15, 0.2) is 0 Å². The minimum Gasteiger partial charge on any atom is -0.481 e. The Morgan fingerprint density at radius 3 is 1.31 bits per heavy atom. The van der Waals surface area contributed by atoms with Crippen molar-refractivity contribution in [3.63, 3.8) is 0 Å². The molecule has 0 atom stereocenters. The molecule has 0 bridgehead atoms. The number of rotatable bonds is 4. The summed E-state index contributed by atoms with van der Waals surface area (Å²) in [5.74, 6) is -1.90. The Kier molecular flexibility index (Phi) is 9.48. The van der Waals surface area contributed by atoms with E-state index in [1.54, 1.807) is 6.92 Å². The molecule has 0 unspecified atom stereocenters. The molecular weight excluding hydrogens is 176 g/mol. The molecule has 0 saturated heterocycles. The fourth-order valence-electron chi connectivity index (χ4n) is 0.214. The average molecular weight is 190 g/mol. The molecule has 0 rings (SSSR count). The second kappa shape index (κ2) is 8.70. The maximum atomic E-state index is 9.81. The quantitative estimate of drug-likeness (QED) is 0.687. The lowest BCUT2D eigenvalue weighted by atomic mass is 10.3. The van der Waals surface area contributed by atoms with Crippen LogP contribution in [0, 0.1) is 0 Å². The fourth-order valence-corrected chi connectivity index (χ4v) is 0.214. The van der Waals surface area contributed by atoms with E-state index >= 15 is 0 Å². The molecule has 5 heteroatoms. The zero-order chi connectivity index (χ0) is 10.9. The van der Waals surface area contributed by atoms with E-state index < -0.39 is 11.9 Å². The molecule has 5 nitrogen and oxygen atoms in total. The molecule has 0 aromatic rings. The maximum absolute atomic E-state index is 9.81. The summed E-state index contributed by atoms with van der Waals surface area (Å²) in [5, 5.41) is 15.8. The second-order valence-electron chi connectivity index (χ2n) is 2.34. The van der Waals surface area contributed by atoms with E-state index in [1.165, 1.54) is 0 Å². The molecule has 0 fully saturated rings. The van der Waals surface area contributed by atoms with E-state index in [0.29, 0.717) is 6.42 Å². The van der Waals surface area contributed by atoms with Crippen molar-refractivity contribution in [2.24, 2.45) is 0 Å². The van der Waals surface area contributed by atoms with E-state index in [1.807, 2.05) is 6.92 Å². The predicted molar refractivity (Wildman–Crippen MR) is 45.5 cm³/mol. The van der Waals surface area contributed by atoms with Crippen LogP contribution in [0.5, 0.6) is 0 Å². The smallest absolute Gasteiger partial charge is 0.303 e. The lowest BCUT2D eigenvalue weighted by Crippen LogP contribution is -2.00. The van der Waals surface area contributed by atoms with Gasteiger partial charge in [-0.15, -0.1) is 0 Å². The summed E-state index contributed by atoms with van der Waals surface area (Å²) in [4.78, 5) is 29.1. The molecule has 13 heavy (non-hydrogen) atoms. The minimum atomic E-state index is -1.08. The van der Waals surface area contributed by atoms with Crippen LogP contribution >= 0.6 is 0 Å². The van der Waals surface area contributed by atoms with Crippen molar-refractivity contribution in [3.8, 4) is 0 Å². The molecule has 0 aromatic heterocycles. The van der Waals surface area contributed by atoms with Gasteiger partial charge in [-0.1, -0.05) is 6.92 Å². The van der Waals surface area contributed by atoms with Crippen molar-refractivity contribution >= 4 is 17.7 Å². The van der Waals surface area contributed by atoms with Crippen molar-refractivity contribution in [2.75, 3.05) is 0 Å². The van der Waals surface area contributed by atoms with Gasteiger partial charge in [0.05, 0.1) is 12.8 Å². The molecular formula is C8H14O5. The highest BCUT2D eigenvalue weighted by atomic mass is 16.4. The van der Waals surface area contributed by atoms with Gasteiger partial charge in [-0.25, -0.2) is 0 Å². The highest BCUT2D eigenvalue weighted by Gasteiger charge is 2.00. The summed E-state index contributed by atoms with van der Waals surface area (Å²) >= 11 is 0. The fraction of sp³-hybridized carbons (Fsp3) is 0.625. The zero-order valence-electron chi connectivity index (χ0n) is 7.74. The molecule has 0 aromatic carbocycles. The molecule has 2 N–H and O–H groups in total. The predicted octanol–water partition coefficient (Wildman–Crippen LogP) is 0.921. The third-order valence-corrected chi connectivity index (χ3v) is 1.05. The summed E-state index contributed by atoms with van der Waals surface area (Å²) in [6.45, 7) is 3.43. The standard InChI is InChI=1S/C4H6O4.C4H8O/c5-3(6)1-2-4(7)8;1-3-4(2)5/h1-2H2,(H,5,6)(H,7,8);3H2,1-2H3. The van der Waals surface area contributed by atoms with Crippen LogP contribution in [0.1, 0.15) is 33.1 Å². The van der Waals surface area contributed by atoms with Gasteiger partial charge in [0.2, 0.25) is 0 Å². The number of Topliss-reactive ketones (excluding diaryl/α,β-unsaturated/α-hetero) is 1. The van der Waals surface area contributed by atoms with Crippen LogP contribution in [0.4, 0.5) is 0 Å². The monoisotopic (exact) mass is 190 g/mol. The van der Waals surface area contributed by atoms with Gasteiger partial charge in [0.1, 0.15) is 5.78 Å². The Morgan fingerprint density at radius 2 is 1.23 bits per heavy atom. The Bertz CT molecular complexity index is 171. The minimum absolute atomic E-state index is 0.255. The van der Waals surface area contributed by atoms with Gasteiger partial charge in [0, 0.05) is 6.42 Å². The lowest BCUT2D eigenvalue weighted by Gasteiger charge is -1.85. The summed E-state index contributed by atoms with van der Waals surface area (Å²) in [7, 11) is 0. The SMILES string of the molecule is CCC(C)=O.O=C(O)CCC(=O)O. The van der Waals surface area contributed by atoms with E-state index in [-0.39, 0.29) is 18.6 Å². The van der Waals surface area contributed by atoms with E-state index in [0.717, 1.165) is 0 Å². The van der Waals surface area contributed by atoms with Gasteiger partial charge >= 0.3 is 11.9 Å². The molecule has 0 radical (unpaired) electrons. The molecule has 0 aliphatic heterocycles. The Balaban J connectivity index is 0. The Morgan fingerprint density at radius 1 is 1.00 bits per heavy atom. The Labute approximate surface area is 76.4 Å². The number of hydrogen-bond acceptors (Lipinski definition) is 3. The summed E-state index contributed by atoms with van der Waals surface area (Å²) in [6.07, 6.45) is 0.0741. The molecule has 76 valence electrons. The van der Waals surface area contributed by atoms with Crippen LogP contribution in [-0.4, -0.2) is 27.9 Å². The van der Waals surface area contributed by atoms with Crippen molar-refractivity contribution < 1.29 is 24.6 Å². The average Bonchev–Trinajstić information content (AvgIpc) is 2.02. The van der Waals surface area contributed by atoms with Crippen molar-refractivity contribution in [1.29, 1.82) is 0 Å². The number of aliphatic carboxylic acids is 2. The van der Waals surface area contributed by atoms with Gasteiger partial charge in [0.25, 0.3) is 0 Å². The number of carbonyl (C=O) groups excluding carboxylic acids is 1. The van der Waals surface area contributed by atoms with Crippen LogP contribution in [-0.2, 0) is 14.4 Å². The van der Waals surface area contributed by atoms with Gasteiger partial charge in [-0.2, -0.15) is 0 Å². The maximum Gasteiger partial charge on any atom is 0.303 e. The third kappa shape index (κ3) is 25.0.